The van der Waals surface area contributed by atoms with Crippen molar-refractivity contribution in [2.24, 2.45) is 0 Å². The average Bonchev–Trinajstić information content (AvgIpc) is 2.56. The number of benzene rings is 2. The van der Waals surface area contributed by atoms with Crippen LogP contribution < -0.4 is 4.90 Å². The monoisotopic (exact) mass is 317 g/mol. The van der Waals surface area contributed by atoms with Crippen molar-refractivity contribution in [2.45, 2.75) is 0 Å². The third kappa shape index (κ3) is 3.70. The maximum Gasteiger partial charge on any atom is 0.338 e. The van der Waals surface area contributed by atoms with E-state index >= 15 is 0 Å². The van der Waals surface area contributed by atoms with Crippen LogP contribution in [0.3, 0.4) is 0 Å². The summed E-state index contributed by atoms with van der Waals surface area (Å²) in [5.74, 6) is -3.42. The second-order valence-electron chi connectivity index (χ2n) is 4.73. The fourth-order valence-corrected chi connectivity index (χ4v) is 1.83. The smallest absolute Gasteiger partial charge is 0.338 e. The summed E-state index contributed by atoms with van der Waals surface area (Å²) in [7, 11) is 1.55. The third-order valence-electron chi connectivity index (χ3n) is 3.15. The van der Waals surface area contributed by atoms with Crippen LogP contribution in [0.2, 0.25) is 0 Å². The van der Waals surface area contributed by atoms with Gasteiger partial charge in [0.1, 0.15) is 0 Å². The minimum atomic E-state index is -0.912. The molecule has 3 N–H and O–H groups in total. The molecule has 0 unspecified atom stereocenters. The van der Waals surface area contributed by atoms with Crippen LogP contribution in [-0.2, 0) is 9.53 Å². The van der Waals surface area contributed by atoms with Gasteiger partial charge in [0, 0.05) is 12.7 Å². The normalized spacial score (nSPS) is 10.1. The number of carbonyl (C=O) groups excluding carboxylic acids is 2. The van der Waals surface area contributed by atoms with Crippen molar-refractivity contribution in [3.63, 3.8) is 0 Å². The van der Waals surface area contributed by atoms with Crippen LogP contribution in [0.15, 0.2) is 42.5 Å². The van der Waals surface area contributed by atoms with Crippen molar-refractivity contribution in [3.05, 3.63) is 48.0 Å². The van der Waals surface area contributed by atoms with E-state index in [2.05, 4.69) is 0 Å². The Bertz CT molecular complexity index is 706. The number of phenolic OH excluding ortho intramolecular Hbond substituents is 3. The van der Waals surface area contributed by atoms with Gasteiger partial charge in [0.05, 0.1) is 5.56 Å². The lowest BCUT2D eigenvalue weighted by Gasteiger charge is -2.17. The first-order valence-corrected chi connectivity index (χ1v) is 6.64. The van der Waals surface area contributed by atoms with Gasteiger partial charge in [-0.15, -0.1) is 0 Å². The number of carbonyl (C=O) groups is 2. The highest BCUT2D eigenvalue weighted by Gasteiger charge is 2.17. The zero-order valence-electron chi connectivity index (χ0n) is 12.3. The Morgan fingerprint density at radius 2 is 1.61 bits per heavy atom. The lowest BCUT2D eigenvalue weighted by atomic mass is 10.2. The number of amides is 1. The Labute approximate surface area is 132 Å². The van der Waals surface area contributed by atoms with Crippen LogP contribution in [-0.4, -0.2) is 40.9 Å². The van der Waals surface area contributed by atoms with Crippen LogP contribution in [0.1, 0.15) is 10.4 Å². The van der Waals surface area contributed by atoms with Crippen LogP contribution in [0.4, 0.5) is 5.69 Å². The quantitative estimate of drug-likeness (QED) is 0.584. The Balaban J connectivity index is 2.00. The predicted molar refractivity (Wildman–Crippen MR) is 81.6 cm³/mol. The molecule has 2 rings (SSSR count). The zero-order valence-corrected chi connectivity index (χ0v) is 12.3. The summed E-state index contributed by atoms with van der Waals surface area (Å²) in [6.07, 6.45) is 0. The SMILES string of the molecule is CN(C(=O)COC(=O)c1cc(O)c(O)c(O)c1)c1ccccc1. The molecule has 120 valence electrons. The van der Waals surface area contributed by atoms with Gasteiger partial charge in [-0.1, -0.05) is 18.2 Å². The molecule has 0 radical (unpaired) electrons. The minimum absolute atomic E-state index is 0.187. The van der Waals surface area contributed by atoms with Crippen molar-refractivity contribution >= 4 is 17.6 Å². The summed E-state index contributed by atoms with van der Waals surface area (Å²) in [6, 6.07) is 10.7. The van der Waals surface area contributed by atoms with Crippen LogP contribution in [0.5, 0.6) is 17.2 Å². The summed E-state index contributed by atoms with van der Waals surface area (Å²) in [5.41, 5.74) is 0.460. The second kappa shape index (κ2) is 6.69. The molecule has 0 aliphatic carbocycles. The maximum absolute atomic E-state index is 12.0. The molecule has 7 nitrogen and oxygen atoms in total. The van der Waals surface area contributed by atoms with Gasteiger partial charge >= 0.3 is 5.97 Å². The molecule has 1 amide bonds. The molecular weight excluding hydrogens is 302 g/mol. The highest BCUT2D eigenvalue weighted by molar-refractivity contribution is 5.97. The standard InChI is InChI=1S/C16H15NO6/c1-17(11-5-3-2-4-6-11)14(20)9-23-16(22)10-7-12(18)15(21)13(19)8-10/h2-8,18-19,21H,9H2,1H3. The average molecular weight is 317 g/mol. The molecule has 0 aliphatic rings. The van der Waals surface area contributed by atoms with Crippen molar-refractivity contribution < 1.29 is 29.6 Å². The molecule has 2 aromatic rings. The number of ether oxygens (including phenoxy) is 1. The minimum Gasteiger partial charge on any atom is -0.504 e. The number of aromatic hydroxyl groups is 3. The first-order chi connectivity index (χ1) is 10.9. The molecule has 0 heterocycles. The van der Waals surface area contributed by atoms with E-state index in [1.807, 2.05) is 6.07 Å². The first kappa shape index (κ1) is 16.2. The zero-order chi connectivity index (χ0) is 17.0. The number of hydrogen-bond acceptors (Lipinski definition) is 6. The summed E-state index contributed by atoms with van der Waals surface area (Å²) in [5, 5.41) is 27.9. The number of rotatable bonds is 4. The van der Waals surface area contributed by atoms with Crippen LogP contribution >= 0.6 is 0 Å². The van der Waals surface area contributed by atoms with Gasteiger partial charge in [-0.2, -0.15) is 0 Å². The fraction of sp³-hybridized carbons (Fsp3) is 0.125. The van der Waals surface area contributed by atoms with E-state index in [0.717, 1.165) is 12.1 Å². The summed E-state index contributed by atoms with van der Waals surface area (Å²) < 4.78 is 4.85. The number of hydrogen-bond donors (Lipinski definition) is 3. The summed E-state index contributed by atoms with van der Waals surface area (Å²) in [6.45, 7) is -0.507. The van der Waals surface area contributed by atoms with Crippen LogP contribution in [0.25, 0.3) is 0 Å². The Morgan fingerprint density at radius 1 is 1.04 bits per heavy atom. The second-order valence-corrected chi connectivity index (χ2v) is 4.73. The molecule has 0 aliphatic heterocycles. The van der Waals surface area contributed by atoms with Crippen molar-refractivity contribution in [1.29, 1.82) is 0 Å². The predicted octanol–water partition coefficient (Wildman–Crippen LogP) is 1.62. The Morgan fingerprint density at radius 3 is 2.17 bits per heavy atom. The highest BCUT2D eigenvalue weighted by Crippen LogP contribution is 2.35. The molecule has 23 heavy (non-hydrogen) atoms. The molecule has 0 fully saturated rings. The van der Waals surface area contributed by atoms with E-state index in [1.54, 1.807) is 31.3 Å². The largest absolute Gasteiger partial charge is 0.504 e. The van der Waals surface area contributed by atoms with Gasteiger partial charge in [0.15, 0.2) is 23.9 Å². The Hall–Kier alpha value is -3.22. The molecule has 0 saturated heterocycles. The molecule has 2 aromatic carbocycles. The molecule has 7 heteroatoms. The van der Waals surface area contributed by atoms with Gasteiger partial charge in [0.2, 0.25) is 0 Å². The molecule has 0 aromatic heterocycles. The number of anilines is 1. The highest BCUT2D eigenvalue weighted by atomic mass is 16.5. The number of likely N-dealkylation sites (N-methyl/N-ethyl adjacent to an activating group) is 1. The summed E-state index contributed by atoms with van der Waals surface area (Å²) >= 11 is 0. The van der Waals surface area contributed by atoms with Gasteiger partial charge in [-0.3, -0.25) is 4.79 Å². The van der Waals surface area contributed by atoms with Crippen LogP contribution in [0, 0.1) is 0 Å². The molecule has 0 spiro atoms. The summed E-state index contributed by atoms with van der Waals surface area (Å²) in [4.78, 5) is 25.1. The van der Waals surface area contributed by atoms with E-state index in [1.165, 1.54) is 4.90 Å². The van der Waals surface area contributed by atoms with E-state index < -0.39 is 35.7 Å². The van der Waals surface area contributed by atoms with Gasteiger partial charge in [-0.25, -0.2) is 4.79 Å². The number of para-hydroxylation sites is 1. The topological polar surface area (TPSA) is 107 Å². The molecule has 0 atom stereocenters. The van der Waals surface area contributed by atoms with E-state index in [0.29, 0.717) is 5.69 Å². The fourth-order valence-electron chi connectivity index (χ4n) is 1.83. The van der Waals surface area contributed by atoms with Crippen molar-refractivity contribution in [2.75, 3.05) is 18.6 Å². The Kier molecular flexibility index (Phi) is 4.70. The number of esters is 1. The molecule has 0 saturated carbocycles. The van der Waals surface area contributed by atoms with Gasteiger partial charge in [0.25, 0.3) is 5.91 Å². The van der Waals surface area contributed by atoms with Gasteiger partial charge in [-0.05, 0) is 24.3 Å². The third-order valence-corrected chi connectivity index (χ3v) is 3.15. The van der Waals surface area contributed by atoms with E-state index in [-0.39, 0.29) is 5.56 Å². The number of phenols is 3. The first-order valence-electron chi connectivity index (χ1n) is 6.64. The van der Waals surface area contributed by atoms with E-state index in [9.17, 15) is 24.9 Å². The van der Waals surface area contributed by atoms with Crippen molar-refractivity contribution in [1.82, 2.24) is 0 Å². The van der Waals surface area contributed by atoms with Crippen molar-refractivity contribution in [3.8, 4) is 17.2 Å². The van der Waals surface area contributed by atoms with E-state index in [4.69, 9.17) is 4.74 Å². The molecule has 0 bridgehead atoms. The maximum atomic E-state index is 12.0. The number of nitrogens with zero attached hydrogens (tertiary/aromatic N) is 1. The lowest BCUT2D eigenvalue weighted by Crippen LogP contribution is -2.31. The van der Waals surface area contributed by atoms with Gasteiger partial charge < -0.3 is 25.0 Å². The lowest BCUT2D eigenvalue weighted by molar-refractivity contribution is -0.121. The molecular formula is C16H15NO6.